The van der Waals surface area contributed by atoms with Crippen molar-refractivity contribution in [3.63, 3.8) is 0 Å². The van der Waals surface area contributed by atoms with Gasteiger partial charge in [-0.25, -0.2) is 18.7 Å². The summed E-state index contributed by atoms with van der Waals surface area (Å²) in [4.78, 5) is 9.03. The van der Waals surface area contributed by atoms with Crippen molar-refractivity contribution in [2.75, 3.05) is 13.2 Å². The molecule has 0 unspecified atom stereocenters. The molecule has 0 aliphatic heterocycles. The summed E-state index contributed by atoms with van der Waals surface area (Å²) in [5.41, 5.74) is 3.24. The average molecular weight is 487 g/mol. The Hall–Kier alpha value is -2.67. The predicted octanol–water partition coefficient (Wildman–Crippen LogP) is 6.80. The third-order valence-corrected chi connectivity index (χ3v) is 7.60. The summed E-state index contributed by atoms with van der Waals surface area (Å²) in [6.45, 7) is 8.46. The fourth-order valence-electron chi connectivity index (χ4n) is 4.03. The molecule has 0 bridgehead atoms. The highest BCUT2D eigenvalue weighted by molar-refractivity contribution is 7.53. The number of nitrogens with zero attached hydrogens (tertiary/aromatic N) is 3. The standard InChI is InChI=1S/C25H28F2N3O3P/c1-5-32-34(31,33-6-2)15-18-9-7-17(8-10-18)14-30-21-12-19(26)11-20(27)23(21)24-22(30)13-28-25(29-24)16(3)4/h7-13,16H,5-6,14-15H2,1-4H3. The molecule has 6 nitrogen and oxygen atoms in total. The smallest absolute Gasteiger partial charge is 0.333 e. The van der Waals surface area contributed by atoms with Crippen molar-refractivity contribution in [2.24, 2.45) is 0 Å². The molecular formula is C25H28F2N3O3P. The van der Waals surface area contributed by atoms with Crippen LogP contribution in [0.2, 0.25) is 0 Å². The summed E-state index contributed by atoms with van der Waals surface area (Å²) in [5, 5.41) is 0.284. The van der Waals surface area contributed by atoms with Crippen molar-refractivity contribution in [2.45, 2.75) is 46.3 Å². The Morgan fingerprint density at radius 1 is 1.00 bits per heavy atom. The van der Waals surface area contributed by atoms with Crippen LogP contribution < -0.4 is 0 Å². The number of fused-ring (bicyclic) bond motifs is 3. The lowest BCUT2D eigenvalue weighted by molar-refractivity contribution is 0.219. The molecule has 0 radical (unpaired) electrons. The Labute approximate surface area is 197 Å². The lowest BCUT2D eigenvalue weighted by atomic mass is 10.1. The zero-order valence-electron chi connectivity index (χ0n) is 19.7. The maximum atomic E-state index is 14.8. The van der Waals surface area contributed by atoms with Gasteiger partial charge in [0.2, 0.25) is 0 Å². The van der Waals surface area contributed by atoms with E-state index in [9.17, 15) is 13.3 Å². The molecule has 0 aliphatic rings. The maximum absolute atomic E-state index is 14.8. The van der Waals surface area contributed by atoms with Crippen molar-refractivity contribution >= 4 is 29.5 Å². The van der Waals surface area contributed by atoms with Crippen molar-refractivity contribution in [3.05, 3.63) is 71.2 Å². The summed E-state index contributed by atoms with van der Waals surface area (Å²) in [6, 6.07) is 9.73. The van der Waals surface area contributed by atoms with Gasteiger partial charge >= 0.3 is 7.60 Å². The topological polar surface area (TPSA) is 66.2 Å². The van der Waals surface area contributed by atoms with Gasteiger partial charge in [-0.15, -0.1) is 0 Å². The van der Waals surface area contributed by atoms with Crippen LogP contribution >= 0.6 is 7.60 Å². The Kier molecular flexibility index (Phi) is 7.12. The quantitative estimate of drug-likeness (QED) is 0.243. The van der Waals surface area contributed by atoms with Gasteiger partial charge in [0.25, 0.3) is 0 Å². The van der Waals surface area contributed by atoms with Gasteiger partial charge in [0.15, 0.2) is 0 Å². The predicted molar refractivity (Wildman–Crippen MR) is 129 cm³/mol. The highest BCUT2D eigenvalue weighted by Crippen LogP contribution is 2.51. The first-order valence-electron chi connectivity index (χ1n) is 11.3. The van der Waals surface area contributed by atoms with E-state index >= 15 is 0 Å². The number of hydrogen-bond acceptors (Lipinski definition) is 5. The molecule has 0 saturated heterocycles. The fraction of sp³-hybridized carbons (Fsp3) is 0.360. The minimum Gasteiger partial charge on any atom is -0.333 e. The van der Waals surface area contributed by atoms with Gasteiger partial charge in [0.05, 0.1) is 42.0 Å². The van der Waals surface area contributed by atoms with E-state index in [1.165, 1.54) is 6.07 Å². The summed E-state index contributed by atoms with van der Waals surface area (Å²) >= 11 is 0. The van der Waals surface area contributed by atoms with Crippen LogP contribution in [0.1, 0.15) is 50.6 Å². The first-order chi connectivity index (χ1) is 16.2. The number of hydrogen-bond donors (Lipinski definition) is 0. The van der Waals surface area contributed by atoms with Crippen LogP contribution in [0.4, 0.5) is 8.78 Å². The molecule has 0 atom stereocenters. The maximum Gasteiger partial charge on any atom is 0.335 e. The molecule has 4 aromatic rings. The average Bonchev–Trinajstić information content (AvgIpc) is 3.08. The Morgan fingerprint density at radius 3 is 2.26 bits per heavy atom. The Morgan fingerprint density at radius 2 is 1.65 bits per heavy atom. The lowest BCUT2D eigenvalue weighted by Crippen LogP contribution is -2.02. The van der Waals surface area contributed by atoms with Gasteiger partial charge in [-0.2, -0.15) is 0 Å². The van der Waals surface area contributed by atoms with Crippen molar-refractivity contribution in [1.82, 2.24) is 14.5 Å². The largest absolute Gasteiger partial charge is 0.335 e. The van der Waals surface area contributed by atoms with Crippen LogP contribution in [0, 0.1) is 11.6 Å². The van der Waals surface area contributed by atoms with E-state index in [0.717, 1.165) is 17.2 Å². The molecule has 0 aliphatic carbocycles. The number of aromatic nitrogens is 3. The SMILES string of the molecule is CCOP(=O)(Cc1ccc(Cn2c3cnc(C(C)C)nc3c3c(F)cc(F)cc32)cc1)OCC. The molecule has 2 aromatic heterocycles. The molecule has 0 amide bonds. The zero-order valence-corrected chi connectivity index (χ0v) is 20.6. The van der Waals surface area contributed by atoms with E-state index in [1.807, 2.05) is 42.7 Å². The van der Waals surface area contributed by atoms with Crippen molar-refractivity contribution < 1.29 is 22.4 Å². The van der Waals surface area contributed by atoms with E-state index < -0.39 is 19.2 Å². The molecule has 0 spiro atoms. The van der Waals surface area contributed by atoms with E-state index in [-0.39, 0.29) is 17.5 Å². The molecule has 2 aromatic carbocycles. The second-order valence-electron chi connectivity index (χ2n) is 8.41. The highest BCUT2D eigenvalue weighted by atomic mass is 31.2. The fourth-order valence-corrected chi connectivity index (χ4v) is 5.74. The molecule has 0 fully saturated rings. The Bertz CT molecular complexity index is 1360. The van der Waals surface area contributed by atoms with Crippen LogP contribution in [-0.2, 0) is 26.3 Å². The zero-order chi connectivity index (χ0) is 24.5. The van der Waals surface area contributed by atoms with E-state index in [0.29, 0.717) is 42.1 Å². The van der Waals surface area contributed by atoms with Gasteiger partial charge < -0.3 is 13.6 Å². The minimum atomic E-state index is -3.21. The molecule has 0 N–H and O–H groups in total. The van der Waals surface area contributed by atoms with Gasteiger partial charge in [-0.3, -0.25) is 4.57 Å². The molecule has 4 rings (SSSR count). The first kappa shape index (κ1) is 24.5. The molecular weight excluding hydrogens is 459 g/mol. The minimum absolute atomic E-state index is 0.0724. The second-order valence-corrected chi connectivity index (χ2v) is 10.5. The molecule has 2 heterocycles. The third kappa shape index (κ3) is 4.90. The van der Waals surface area contributed by atoms with Crippen molar-refractivity contribution in [3.8, 4) is 0 Å². The third-order valence-electron chi connectivity index (χ3n) is 5.55. The van der Waals surface area contributed by atoms with Crippen molar-refractivity contribution in [1.29, 1.82) is 0 Å². The van der Waals surface area contributed by atoms with Crippen LogP contribution in [0.25, 0.3) is 21.9 Å². The molecule has 34 heavy (non-hydrogen) atoms. The van der Waals surface area contributed by atoms with Gasteiger partial charge in [-0.1, -0.05) is 38.1 Å². The normalized spacial score (nSPS) is 12.3. The second kappa shape index (κ2) is 9.90. The van der Waals surface area contributed by atoms with Crippen LogP contribution in [0.3, 0.4) is 0 Å². The summed E-state index contributed by atoms with van der Waals surface area (Å²) in [6.07, 6.45) is 1.84. The van der Waals surface area contributed by atoms with Crippen LogP contribution in [-0.4, -0.2) is 27.7 Å². The summed E-state index contributed by atoms with van der Waals surface area (Å²) in [5.74, 6) is -0.620. The van der Waals surface area contributed by atoms with E-state index in [4.69, 9.17) is 9.05 Å². The summed E-state index contributed by atoms with van der Waals surface area (Å²) in [7, 11) is -3.21. The van der Waals surface area contributed by atoms with E-state index in [1.54, 1.807) is 20.0 Å². The number of benzene rings is 2. The van der Waals surface area contributed by atoms with Gasteiger partial charge in [0, 0.05) is 18.5 Å². The summed E-state index contributed by atoms with van der Waals surface area (Å²) < 4.78 is 54.4. The molecule has 180 valence electrons. The van der Waals surface area contributed by atoms with Gasteiger partial charge in [0.1, 0.15) is 23.0 Å². The van der Waals surface area contributed by atoms with Crippen LogP contribution in [0.15, 0.2) is 42.6 Å². The molecule has 9 heteroatoms. The van der Waals surface area contributed by atoms with Crippen LogP contribution in [0.5, 0.6) is 0 Å². The molecule has 0 saturated carbocycles. The number of rotatable bonds is 9. The van der Waals surface area contributed by atoms with E-state index in [2.05, 4.69) is 9.97 Å². The highest BCUT2D eigenvalue weighted by Gasteiger charge is 2.24. The number of halogens is 2. The lowest BCUT2D eigenvalue weighted by Gasteiger charge is -2.17. The Balaban J connectivity index is 1.72. The monoisotopic (exact) mass is 487 g/mol. The van der Waals surface area contributed by atoms with Gasteiger partial charge in [-0.05, 0) is 31.0 Å². The first-order valence-corrected chi connectivity index (χ1v) is 13.1.